The number of benzene rings is 2. The maximum Gasteiger partial charge on any atom is 0.269 e. The molecule has 0 aliphatic heterocycles. The highest BCUT2D eigenvalue weighted by Crippen LogP contribution is 2.29. The van der Waals surface area contributed by atoms with Gasteiger partial charge in [-0.2, -0.15) is 5.06 Å². The van der Waals surface area contributed by atoms with Crippen molar-refractivity contribution in [2.75, 3.05) is 7.11 Å². The monoisotopic (exact) mass is 389 g/mol. The molecule has 0 heterocycles. The molecule has 2 aromatic carbocycles. The summed E-state index contributed by atoms with van der Waals surface area (Å²) >= 11 is 0. The molecule has 2 rings (SSSR count). The van der Waals surface area contributed by atoms with E-state index in [0.717, 1.165) is 10.6 Å². The highest BCUT2D eigenvalue weighted by molar-refractivity contribution is 5.34. The number of ether oxygens (including phenoxy) is 1. The Morgan fingerprint density at radius 3 is 2.07 bits per heavy atom. The lowest BCUT2D eigenvalue weighted by Crippen LogP contribution is -2.42. The summed E-state index contributed by atoms with van der Waals surface area (Å²) in [6, 6.07) is 10.2. The van der Waals surface area contributed by atoms with Crippen LogP contribution in [0.4, 0.5) is 5.69 Å². The van der Waals surface area contributed by atoms with Crippen LogP contribution < -0.4 is 4.74 Å². The number of nitrogens with zero attached hydrogens (tertiary/aromatic N) is 3. The van der Waals surface area contributed by atoms with Gasteiger partial charge in [-0.05, 0) is 36.6 Å². The molecule has 2 aromatic rings. The predicted molar refractivity (Wildman–Crippen MR) is 102 cm³/mol. The maximum absolute atomic E-state index is 11.4. The normalized spacial score (nSPS) is 14.3. The molecule has 0 saturated carbocycles. The molecule has 9 heteroatoms. The minimum absolute atomic E-state index is 0.118. The largest absolute Gasteiger partial charge is 0.497 e. The highest BCUT2D eigenvalue weighted by atomic mass is 16.6. The van der Waals surface area contributed by atoms with Crippen molar-refractivity contribution >= 4 is 5.69 Å². The van der Waals surface area contributed by atoms with Gasteiger partial charge in [0, 0.05) is 30.0 Å². The number of hydrogen-bond donors (Lipinski definition) is 1. The fourth-order valence-corrected chi connectivity index (χ4v) is 3.03. The molecule has 28 heavy (non-hydrogen) atoms. The zero-order chi connectivity index (χ0) is 20.8. The molecule has 0 amide bonds. The van der Waals surface area contributed by atoms with Gasteiger partial charge in [-0.15, -0.1) is 0 Å². The Kier molecular flexibility index (Phi) is 7.02. The van der Waals surface area contributed by atoms with Crippen molar-refractivity contribution in [1.82, 2.24) is 5.06 Å². The smallest absolute Gasteiger partial charge is 0.269 e. The van der Waals surface area contributed by atoms with Crippen molar-refractivity contribution in [3.8, 4) is 5.75 Å². The first-order chi connectivity index (χ1) is 13.2. The summed E-state index contributed by atoms with van der Waals surface area (Å²) in [4.78, 5) is 21.2. The average Bonchev–Trinajstić information content (AvgIpc) is 2.68. The van der Waals surface area contributed by atoms with Crippen molar-refractivity contribution in [1.29, 1.82) is 0 Å². The van der Waals surface area contributed by atoms with Crippen LogP contribution in [-0.2, 0) is 6.42 Å². The van der Waals surface area contributed by atoms with Crippen LogP contribution in [0.3, 0.4) is 0 Å². The molecular weight excluding hydrogens is 366 g/mol. The lowest BCUT2D eigenvalue weighted by atomic mass is 9.97. The van der Waals surface area contributed by atoms with Gasteiger partial charge >= 0.3 is 0 Å². The third-order valence-electron chi connectivity index (χ3n) is 4.66. The first-order valence-electron chi connectivity index (χ1n) is 8.72. The van der Waals surface area contributed by atoms with Crippen LogP contribution in [0.2, 0.25) is 0 Å². The summed E-state index contributed by atoms with van der Waals surface area (Å²) in [7, 11) is 1.57. The summed E-state index contributed by atoms with van der Waals surface area (Å²) in [6.07, 6.45) is 0.453. The van der Waals surface area contributed by atoms with E-state index >= 15 is 0 Å². The van der Waals surface area contributed by atoms with Gasteiger partial charge < -0.3 is 9.94 Å². The van der Waals surface area contributed by atoms with E-state index in [2.05, 4.69) is 0 Å². The van der Waals surface area contributed by atoms with E-state index in [1.165, 1.54) is 31.2 Å². The van der Waals surface area contributed by atoms with E-state index < -0.39 is 28.0 Å². The molecule has 0 aliphatic rings. The van der Waals surface area contributed by atoms with Gasteiger partial charge in [0.15, 0.2) is 0 Å². The van der Waals surface area contributed by atoms with Crippen molar-refractivity contribution in [3.05, 3.63) is 79.9 Å². The summed E-state index contributed by atoms with van der Waals surface area (Å²) in [6.45, 7) is 3.16. The number of nitro benzene ring substituents is 1. The van der Waals surface area contributed by atoms with E-state index in [0.29, 0.717) is 17.7 Å². The fraction of sp³-hybridized carbons (Fsp3) is 0.368. The standard InChI is InChI=1S/C19H23N3O6/c1-13(12-15-4-10-18(28-3)11-5-15)20(23)19(14(2)21(24)25)16-6-8-17(9-7-16)22(26)27/h4-11,13-14,19,23H,12H2,1-3H3. The van der Waals surface area contributed by atoms with Crippen LogP contribution in [0.5, 0.6) is 5.75 Å². The Bertz CT molecular complexity index is 809. The number of non-ortho nitro benzene ring substituents is 1. The second-order valence-corrected chi connectivity index (χ2v) is 6.60. The number of hydroxylamine groups is 2. The Labute approximate surface area is 162 Å². The number of rotatable bonds is 9. The van der Waals surface area contributed by atoms with Gasteiger partial charge in [-0.1, -0.05) is 24.3 Å². The molecule has 3 unspecified atom stereocenters. The zero-order valence-corrected chi connectivity index (χ0v) is 15.9. The lowest BCUT2D eigenvalue weighted by Gasteiger charge is -2.31. The Morgan fingerprint density at radius 1 is 1.04 bits per heavy atom. The quantitative estimate of drug-likeness (QED) is 0.514. The third kappa shape index (κ3) is 5.02. The second kappa shape index (κ2) is 9.25. The molecule has 0 bridgehead atoms. The summed E-state index contributed by atoms with van der Waals surface area (Å²) in [5.74, 6) is 0.711. The molecule has 0 fully saturated rings. The topological polar surface area (TPSA) is 119 Å². The van der Waals surface area contributed by atoms with E-state index in [1.807, 2.05) is 12.1 Å². The van der Waals surface area contributed by atoms with Crippen LogP contribution in [0.1, 0.15) is 31.0 Å². The molecular formula is C19H23N3O6. The first kappa shape index (κ1) is 21.3. The lowest BCUT2D eigenvalue weighted by molar-refractivity contribution is -0.533. The van der Waals surface area contributed by atoms with Gasteiger partial charge in [-0.25, -0.2) is 0 Å². The molecule has 0 radical (unpaired) electrons. The number of hydrogen-bond acceptors (Lipinski definition) is 7. The summed E-state index contributed by atoms with van der Waals surface area (Å²) < 4.78 is 5.12. The van der Waals surface area contributed by atoms with Gasteiger partial charge in [0.1, 0.15) is 11.8 Å². The molecule has 1 N–H and O–H groups in total. The molecule has 0 spiro atoms. The predicted octanol–water partition coefficient (Wildman–Crippen LogP) is 3.63. The van der Waals surface area contributed by atoms with E-state index in [4.69, 9.17) is 4.74 Å². The van der Waals surface area contributed by atoms with Crippen LogP contribution >= 0.6 is 0 Å². The molecule has 3 atom stereocenters. The SMILES string of the molecule is COc1ccc(CC(C)N(O)C(c2ccc([N+](=O)[O-])cc2)C(C)[N+](=O)[O-])cc1. The highest BCUT2D eigenvalue weighted by Gasteiger charge is 2.36. The summed E-state index contributed by atoms with van der Waals surface area (Å²) in [5, 5.41) is 34.0. The van der Waals surface area contributed by atoms with Gasteiger partial charge in [0.25, 0.3) is 5.69 Å². The maximum atomic E-state index is 11.4. The van der Waals surface area contributed by atoms with Crippen molar-refractivity contribution in [3.63, 3.8) is 0 Å². The molecule has 9 nitrogen and oxygen atoms in total. The van der Waals surface area contributed by atoms with E-state index in [1.54, 1.807) is 26.2 Å². The van der Waals surface area contributed by atoms with Crippen LogP contribution in [0.25, 0.3) is 0 Å². The van der Waals surface area contributed by atoms with Gasteiger partial charge in [0.2, 0.25) is 6.04 Å². The zero-order valence-electron chi connectivity index (χ0n) is 15.9. The minimum Gasteiger partial charge on any atom is -0.497 e. The van der Waals surface area contributed by atoms with Crippen LogP contribution in [0.15, 0.2) is 48.5 Å². The molecule has 150 valence electrons. The summed E-state index contributed by atoms with van der Waals surface area (Å²) in [5.41, 5.74) is 1.24. The second-order valence-electron chi connectivity index (χ2n) is 6.60. The van der Waals surface area contributed by atoms with E-state index in [9.17, 15) is 25.4 Å². The number of methoxy groups -OCH3 is 1. The Morgan fingerprint density at radius 2 is 1.61 bits per heavy atom. The minimum atomic E-state index is -1.12. The third-order valence-corrected chi connectivity index (χ3v) is 4.66. The van der Waals surface area contributed by atoms with Gasteiger partial charge in [0.05, 0.1) is 12.0 Å². The molecule has 0 aromatic heterocycles. The van der Waals surface area contributed by atoms with Crippen LogP contribution in [0, 0.1) is 20.2 Å². The first-order valence-corrected chi connectivity index (χ1v) is 8.72. The van der Waals surface area contributed by atoms with Crippen LogP contribution in [-0.4, -0.2) is 39.3 Å². The van der Waals surface area contributed by atoms with Gasteiger partial charge in [-0.3, -0.25) is 20.2 Å². The Balaban J connectivity index is 2.25. The van der Waals surface area contributed by atoms with Crippen molar-refractivity contribution in [2.45, 2.75) is 38.4 Å². The van der Waals surface area contributed by atoms with Crippen molar-refractivity contribution < 1.29 is 19.8 Å². The average molecular weight is 389 g/mol. The van der Waals surface area contributed by atoms with E-state index in [-0.39, 0.29) is 5.69 Å². The number of nitro groups is 2. The fourth-order valence-electron chi connectivity index (χ4n) is 3.03. The molecule has 0 saturated heterocycles. The molecule has 0 aliphatic carbocycles. The Hall–Kier alpha value is -3.04. The van der Waals surface area contributed by atoms with Crippen molar-refractivity contribution in [2.24, 2.45) is 0 Å².